The predicted octanol–water partition coefficient (Wildman–Crippen LogP) is 3.52. The molecule has 3 aromatic rings. The lowest BCUT2D eigenvalue weighted by Crippen LogP contribution is -2.03. The number of rotatable bonds is 3. The second kappa shape index (κ2) is 6.46. The molecule has 1 aliphatic heterocycles. The van der Waals surface area contributed by atoms with E-state index in [1.54, 1.807) is 29.2 Å². The molecule has 2 aromatic heterocycles. The summed E-state index contributed by atoms with van der Waals surface area (Å²) in [6, 6.07) is 9.73. The van der Waals surface area contributed by atoms with Crippen LogP contribution in [0, 0.1) is 0 Å². The molecule has 1 aliphatic rings. The molecule has 0 atom stereocenters. The van der Waals surface area contributed by atoms with Gasteiger partial charge in [-0.25, -0.2) is 19.7 Å². The molecule has 0 spiro atoms. The second-order valence-corrected chi connectivity index (χ2v) is 5.18. The Morgan fingerprint density at radius 1 is 1.04 bits per heavy atom. The fourth-order valence-electron chi connectivity index (χ4n) is 2.34. The molecule has 25 heavy (non-hydrogen) atoms. The maximum Gasteiger partial charge on any atom is 0.188 e. The zero-order chi connectivity index (χ0) is 17.1. The fourth-order valence-corrected chi connectivity index (χ4v) is 2.34. The van der Waals surface area contributed by atoms with Gasteiger partial charge in [0.2, 0.25) is 0 Å². The van der Waals surface area contributed by atoms with E-state index in [4.69, 9.17) is 0 Å². The first-order valence-electron chi connectivity index (χ1n) is 7.50. The Morgan fingerprint density at radius 3 is 2.64 bits per heavy atom. The Bertz CT molecular complexity index is 1000. The van der Waals surface area contributed by atoms with Gasteiger partial charge in [-0.15, -0.1) is 5.11 Å². The van der Waals surface area contributed by atoms with E-state index in [0.717, 1.165) is 16.3 Å². The quantitative estimate of drug-likeness (QED) is 0.741. The average molecular weight is 331 g/mol. The van der Waals surface area contributed by atoms with Crippen LogP contribution in [0.1, 0.15) is 0 Å². The van der Waals surface area contributed by atoms with Gasteiger partial charge in [-0.2, -0.15) is 10.2 Å². The van der Waals surface area contributed by atoms with Crippen LogP contribution in [0.25, 0.3) is 16.7 Å². The molecular formula is C17H13N7O. The van der Waals surface area contributed by atoms with Crippen molar-refractivity contribution in [2.45, 2.75) is 0 Å². The molecule has 8 heteroatoms. The van der Waals surface area contributed by atoms with Crippen LogP contribution in [0.4, 0.5) is 5.82 Å². The number of allylic oxidation sites excluding steroid dienone is 3. The third-order valence-corrected chi connectivity index (χ3v) is 3.54. The summed E-state index contributed by atoms with van der Waals surface area (Å²) in [5, 5.41) is 23.5. The van der Waals surface area contributed by atoms with Crippen LogP contribution in [0.5, 0.6) is 0 Å². The normalized spacial score (nSPS) is 14.0. The number of hydrogen-bond donors (Lipinski definition) is 1. The van der Waals surface area contributed by atoms with Crippen molar-refractivity contribution in [3.05, 3.63) is 79.2 Å². The Hall–Kier alpha value is -3.65. The molecule has 3 heterocycles. The van der Waals surface area contributed by atoms with E-state index in [-0.39, 0.29) is 0 Å². The van der Waals surface area contributed by atoms with Crippen LogP contribution in [0.3, 0.4) is 0 Å². The van der Waals surface area contributed by atoms with Crippen molar-refractivity contribution in [3.8, 4) is 5.69 Å². The lowest BCUT2D eigenvalue weighted by molar-refractivity contribution is 0.0105. The number of hydroxylamine groups is 2. The van der Waals surface area contributed by atoms with Crippen LogP contribution in [0.15, 0.2) is 89.4 Å². The lowest BCUT2D eigenvalue weighted by atomic mass is 10.2. The Morgan fingerprint density at radius 2 is 1.84 bits per heavy atom. The maximum absolute atomic E-state index is 9.20. The number of hydrogen-bond acceptors (Lipinski definition) is 7. The molecule has 0 aliphatic carbocycles. The smallest absolute Gasteiger partial charge is 0.188 e. The summed E-state index contributed by atoms with van der Waals surface area (Å²) in [5.74, 6) is 0.441. The highest BCUT2D eigenvalue weighted by molar-refractivity contribution is 5.85. The van der Waals surface area contributed by atoms with E-state index < -0.39 is 0 Å². The van der Waals surface area contributed by atoms with Gasteiger partial charge in [-0.3, -0.25) is 5.21 Å². The standard InChI is InChI=1S/C17H13N7O/c25-23-8-6-13(7-9-23)10-20-22-16-15-11-21-24(17(15)19-12-18-16)14-4-2-1-3-5-14/h1-12,25H. The first kappa shape index (κ1) is 14.9. The van der Waals surface area contributed by atoms with Crippen molar-refractivity contribution >= 4 is 16.9 Å². The van der Waals surface area contributed by atoms with Gasteiger partial charge in [0.25, 0.3) is 0 Å². The van der Waals surface area contributed by atoms with Crippen molar-refractivity contribution in [1.29, 1.82) is 0 Å². The second-order valence-electron chi connectivity index (χ2n) is 5.18. The number of para-hydroxylation sites is 1. The third-order valence-electron chi connectivity index (χ3n) is 3.54. The third kappa shape index (κ3) is 3.06. The molecule has 0 bridgehead atoms. The van der Waals surface area contributed by atoms with Gasteiger partial charge in [0.05, 0.1) is 23.5 Å². The maximum atomic E-state index is 9.20. The molecule has 1 N–H and O–H groups in total. The van der Waals surface area contributed by atoms with Gasteiger partial charge in [0.15, 0.2) is 11.5 Å². The van der Waals surface area contributed by atoms with Crippen LogP contribution in [-0.2, 0) is 0 Å². The fraction of sp³-hybridized carbons (Fsp3) is 0. The minimum absolute atomic E-state index is 0.441. The molecule has 1 aromatic carbocycles. The lowest BCUT2D eigenvalue weighted by Gasteiger charge is -2.08. The summed E-state index contributed by atoms with van der Waals surface area (Å²) < 4.78 is 1.73. The molecule has 0 saturated carbocycles. The molecule has 0 radical (unpaired) electrons. The highest BCUT2D eigenvalue weighted by Gasteiger charge is 2.10. The molecule has 4 rings (SSSR count). The Kier molecular flexibility index (Phi) is 3.85. The van der Waals surface area contributed by atoms with Crippen molar-refractivity contribution in [3.63, 3.8) is 0 Å². The zero-order valence-electron chi connectivity index (χ0n) is 13.0. The van der Waals surface area contributed by atoms with E-state index in [0.29, 0.717) is 16.9 Å². The molecule has 0 saturated heterocycles. The van der Waals surface area contributed by atoms with Gasteiger partial charge in [0, 0.05) is 12.4 Å². The topological polar surface area (TPSA) is 91.8 Å². The Labute approximate surface area is 142 Å². The highest BCUT2D eigenvalue weighted by atomic mass is 16.5. The molecule has 0 fully saturated rings. The van der Waals surface area contributed by atoms with E-state index in [1.807, 2.05) is 30.3 Å². The predicted molar refractivity (Wildman–Crippen MR) is 91.2 cm³/mol. The van der Waals surface area contributed by atoms with Crippen molar-refractivity contribution in [1.82, 2.24) is 24.8 Å². The highest BCUT2D eigenvalue weighted by Crippen LogP contribution is 2.24. The number of azo groups is 1. The van der Waals surface area contributed by atoms with E-state index in [2.05, 4.69) is 25.3 Å². The summed E-state index contributed by atoms with van der Waals surface area (Å²) >= 11 is 0. The van der Waals surface area contributed by atoms with Crippen LogP contribution in [-0.4, -0.2) is 30.0 Å². The van der Waals surface area contributed by atoms with Crippen LogP contribution >= 0.6 is 0 Å². The minimum atomic E-state index is 0.441. The van der Waals surface area contributed by atoms with Gasteiger partial charge in [-0.05, 0) is 29.9 Å². The molecular weight excluding hydrogens is 318 g/mol. The molecule has 8 nitrogen and oxygen atoms in total. The molecule has 0 unspecified atom stereocenters. The summed E-state index contributed by atoms with van der Waals surface area (Å²) in [7, 11) is 0. The first-order valence-corrected chi connectivity index (χ1v) is 7.50. The van der Waals surface area contributed by atoms with Crippen molar-refractivity contribution < 1.29 is 5.21 Å². The van der Waals surface area contributed by atoms with Gasteiger partial charge >= 0.3 is 0 Å². The van der Waals surface area contributed by atoms with Crippen LogP contribution in [0.2, 0.25) is 0 Å². The Balaban J connectivity index is 1.66. The monoisotopic (exact) mass is 331 g/mol. The summed E-state index contributed by atoms with van der Waals surface area (Å²) in [6.45, 7) is 0. The van der Waals surface area contributed by atoms with Gasteiger partial charge < -0.3 is 0 Å². The molecule has 0 amide bonds. The zero-order valence-corrected chi connectivity index (χ0v) is 13.0. The number of fused-ring (bicyclic) bond motifs is 1. The minimum Gasteiger partial charge on any atom is -0.285 e. The average Bonchev–Trinajstić information content (AvgIpc) is 3.09. The summed E-state index contributed by atoms with van der Waals surface area (Å²) in [6.07, 6.45) is 11.1. The van der Waals surface area contributed by atoms with Crippen LogP contribution < -0.4 is 0 Å². The van der Waals surface area contributed by atoms with E-state index >= 15 is 0 Å². The van der Waals surface area contributed by atoms with Crippen molar-refractivity contribution in [2.75, 3.05) is 0 Å². The number of aromatic nitrogens is 4. The summed E-state index contributed by atoms with van der Waals surface area (Å²) in [4.78, 5) is 8.47. The van der Waals surface area contributed by atoms with E-state index in [1.165, 1.54) is 18.7 Å². The van der Waals surface area contributed by atoms with Gasteiger partial charge in [-0.1, -0.05) is 18.2 Å². The number of benzene rings is 1. The van der Waals surface area contributed by atoms with E-state index in [9.17, 15) is 5.21 Å². The van der Waals surface area contributed by atoms with Crippen molar-refractivity contribution in [2.24, 2.45) is 10.2 Å². The first-order chi connectivity index (χ1) is 12.3. The SMILES string of the molecule is ON1C=CC(=CN=Nc2ncnc3c2cnn3-c2ccccc2)C=C1. The largest absolute Gasteiger partial charge is 0.285 e. The number of nitrogens with zero attached hydrogens (tertiary/aromatic N) is 7. The van der Waals surface area contributed by atoms with Gasteiger partial charge in [0.1, 0.15) is 6.33 Å². The summed E-state index contributed by atoms with van der Waals surface area (Å²) in [5.41, 5.74) is 2.38. The molecule has 122 valence electrons.